The van der Waals surface area contributed by atoms with Crippen LogP contribution in [-0.4, -0.2) is 32.6 Å². The van der Waals surface area contributed by atoms with Crippen LogP contribution in [0.5, 0.6) is 17.2 Å². The molecule has 4 saturated carbocycles. The molecule has 1 N–H and O–H groups in total. The van der Waals surface area contributed by atoms with E-state index in [1.807, 2.05) is 0 Å². The van der Waals surface area contributed by atoms with E-state index in [4.69, 9.17) is 9.47 Å². The Bertz CT molecular complexity index is 1430. The first-order valence-electron chi connectivity index (χ1n) is 12.9. The fraction of sp³-hybridized carbons (Fsp3) is 0.407. The molecule has 7 rings (SSSR count). The number of nitro groups is 2. The highest BCUT2D eigenvalue weighted by atomic mass is 16.6. The van der Waals surface area contributed by atoms with Gasteiger partial charge in [0.05, 0.1) is 34.2 Å². The molecule has 0 radical (unpaired) electrons. The lowest BCUT2D eigenvalue weighted by Crippen LogP contribution is -2.52. The second kappa shape index (κ2) is 9.37. The number of non-ortho nitro benzene ring substituents is 1. The molecule has 0 atom stereocenters. The molecule has 12 nitrogen and oxygen atoms in total. The van der Waals surface area contributed by atoms with Gasteiger partial charge in [-0.25, -0.2) is 0 Å². The van der Waals surface area contributed by atoms with E-state index < -0.39 is 15.8 Å². The minimum absolute atomic E-state index is 0.0522. The number of nitrogens with one attached hydrogen (secondary N) is 1. The molecule has 4 aliphatic rings. The molecule has 202 valence electrons. The van der Waals surface area contributed by atoms with E-state index >= 15 is 0 Å². The van der Waals surface area contributed by atoms with Crippen molar-refractivity contribution in [1.29, 1.82) is 0 Å². The van der Waals surface area contributed by atoms with Gasteiger partial charge in [0.1, 0.15) is 23.4 Å². The number of nitrogens with zero attached hydrogens (tertiary/aromatic N) is 4. The summed E-state index contributed by atoms with van der Waals surface area (Å²) in [5.74, 6) is 2.07. The molecule has 12 heteroatoms. The SMILES string of the molecule is COc1ccc(Oc2cc(NC(=O)c3nn(C45CC6CC(CC(C6)C4)C5)cc3[N+](=O)[O-])cc([N+](=O)[O-])c2)cc1. The Morgan fingerprint density at radius 2 is 1.56 bits per heavy atom. The molecule has 4 aliphatic carbocycles. The Kier molecular flexibility index (Phi) is 5.96. The summed E-state index contributed by atoms with van der Waals surface area (Å²) in [7, 11) is 1.53. The summed E-state index contributed by atoms with van der Waals surface area (Å²) in [5.41, 5.74) is -1.27. The lowest BCUT2D eigenvalue weighted by molar-refractivity contribution is -0.385. The first-order chi connectivity index (χ1) is 18.7. The number of hydrogen-bond acceptors (Lipinski definition) is 8. The van der Waals surface area contributed by atoms with Crippen molar-refractivity contribution >= 4 is 23.0 Å². The van der Waals surface area contributed by atoms with Crippen LogP contribution >= 0.6 is 0 Å². The zero-order chi connectivity index (χ0) is 27.3. The third-order valence-electron chi connectivity index (χ3n) is 8.25. The van der Waals surface area contributed by atoms with Gasteiger partial charge in [-0.1, -0.05) is 0 Å². The summed E-state index contributed by atoms with van der Waals surface area (Å²) in [6.45, 7) is 0. The summed E-state index contributed by atoms with van der Waals surface area (Å²) in [6.07, 6.45) is 7.71. The van der Waals surface area contributed by atoms with E-state index in [-0.39, 0.29) is 34.0 Å². The number of carbonyl (C=O) groups excluding carboxylic acids is 1. The molecule has 1 heterocycles. The number of ether oxygens (including phenoxy) is 2. The molecule has 4 fully saturated rings. The van der Waals surface area contributed by atoms with Gasteiger partial charge in [0, 0.05) is 12.1 Å². The van der Waals surface area contributed by atoms with Crippen LogP contribution in [0.15, 0.2) is 48.7 Å². The molecular weight excluding hydrogens is 506 g/mol. The van der Waals surface area contributed by atoms with Crippen LogP contribution < -0.4 is 14.8 Å². The lowest BCUT2D eigenvalue weighted by Gasteiger charge is -2.56. The number of methoxy groups -OCH3 is 1. The number of rotatable bonds is 8. The van der Waals surface area contributed by atoms with Crippen molar-refractivity contribution in [2.24, 2.45) is 17.8 Å². The third-order valence-corrected chi connectivity index (χ3v) is 8.25. The summed E-state index contributed by atoms with van der Waals surface area (Å²) >= 11 is 0. The number of anilines is 1. The number of nitro benzene ring substituents is 1. The number of aromatic nitrogens is 2. The third kappa shape index (κ3) is 4.66. The van der Waals surface area contributed by atoms with E-state index in [1.165, 1.54) is 50.8 Å². The van der Waals surface area contributed by atoms with E-state index in [1.54, 1.807) is 28.9 Å². The van der Waals surface area contributed by atoms with E-state index in [0.29, 0.717) is 29.3 Å². The standard InChI is InChI=1S/C27H27N5O7/c1-38-21-2-4-22(5-3-21)39-23-10-19(9-20(11-23)31(34)35)28-26(33)25-24(32(36)37)15-30(29-25)27-12-16-6-17(13-27)8-18(7-16)14-27/h2-5,9-11,15-18H,6-8,12-14H2,1H3,(H,28,33). The van der Waals surface area contributed by atoms with Crippen molar-refractivity contribution in [1.82, 2.24) is 9.78 Å². The Hall–Kier alpha value is -4.48. The number of carbonyl (C=O) groups is 1. The lowest BCUT2D eigenvalue weighted by atomic mass is 9.53. The normalized spacial score (nSPS) is 24.8. The Labute approximate surface area is 223 Å². The first-order valence-corrected chi connectivity index (χ1v) is 12.9. The van der Waals surface area contributed by atoms with Gasteiger partial charge in [-0.05, 0) is 80.5 Å². The van der Waals surface area contributed by atoms with E-state index in [2.05, 4.69) is 10.4 Å². The van der Waals surface area contributed by atoms with E-state index in [9.17, 15) is 25.0 Å². The zero-order valence-electron chi connectivity index (χ0n) is 21.2. The highest BCUT2D eigenvalue weighted by molar-refractivity contribution is 6.05. The van der Waals surface area contributed by atoms with Gasteiger partial charge in [-0.2, -0.15) is 5.10 Å². The van der Waals surface area contributed by atoms with Gasteiger partial charge in [0.25, 0.3) is 11.6 Å². The summed E-state index contributed by atoms with van der Waals surface area (Å²) in [6, 6.07) is 10.4. The maximum Gasteiger partial charge on any atom is 0.320 e. The average Bonchev–Trinajstić information content (AvgIpc) is 3.36. The summed E-state index contributed by atoms with van der Waals surface area (Å²) < 4.78 is 12.5. The second-order valence-electron chi connectivity index (χ2n) is 10.9. The van der Waals surface area contributed by atoms with Crippen molar-refractivity contribution in [3.05, 3.63) is 74.6 Å². The molecule has 1 aromatic heterocycles. The van der Waals surface area contributed by atoms with Gasteiger partial charge < -0.3 is 14.8 Å². The minimum Gasteiger partial charge on any atom is -0.497 e. The highest BCUT2D eigenvalue weighted by Gasteiger charge is 2.53. The van der Waals surface area contributed by atoms with Crippen molar-refractivity contribution in [3.8, 4) is 17.2 Å². The number of benzene rings is 2. The molecule has 39 heavy (non-hydrogen) atoms. The van der Waals surface area contributed by atoms with Crippen LogP contribution in [0.2, 0.25) is 0 Å². The smallest absolute Gasteiger partial charge is 0.320 e. The Morgan fingerprint density at radius 1 is 0.949 bits per heavy atom. The highest BCUT2D eigenvalue weighted by Crippen LogP contribution is 2.58. The summed E-state index contributed by atoms with van der Waals surface area (Å²) in [4.78, 5) is 35.6. The quantitative estimate of drug-likeness (QED) is 0.287. The van der Waals surface area contributed by atoms with Crippen molar-refractivity contribution in [3.63, 3.8) is 0 Å². The number of amides is 1. The maximum absolute atomic E-state index is 13.3. The fourth-order valence-electron chi connectivity index (χ4n) is 7.04. The largest absolute Gasteiger partial charge is 0.497 e. The van der Waals surface area contributed by atoms with Gasteiger partial charge in [0.2, 0.25) is 5.69 Å². The van der Waals surface area contributed by atoms with Crippen LogP contribution in [-0.2, 0) is 5.54 Å². The van der Waals surface area contributed by atoms with Crippen molar-refractivity contribution in [2.45, 2.75) is 44.1 Å². The van der Waals surface area contributed by atoms with Crippen LogP contribution in [0, 0.1) is 38.0 Å². The van der Waals surface area contributed by atoms with Crippen molar-refractivity contribution in [2.75, 3.05) is 12.4 Å². The molecule has 1 amide bonds. The molecule has 4 bridgehead atoms. The van der Waals surface area contributed by atoms with Crippen molar-refractivity contribution < 1.29 is 24.1 Å². The fourth-order valence-corrected chi connectivity index (χ4v) is 7.04. The monoisotopic (exact) mass is 533 g/mol. The average molecular weight is 534 g/mol. The maximum atomic E-state index is 13.3. The van der Waals surface area contributed by atoms with Crippen LogP contribution in [0.1, 0.15) is 49.0 Å². The first kappa shape index (κ1) is 24.8. The Morgan fingerprint density at radius 3 is 2.13 bits per heavy atom. The predicted octanol–water partition coefficient (Wildman–Crippen LogP) is 5.68. The Balaban J connectivity index is 1.28. The molecular formula is C27H27N5O7. The topological polar surface area (TPSA) is 152 Å². The van der Waals surface area contributed by atoms with E-state index in [0.717, 1.165) is 19.3 Å². The zero-order valence-corrected chi connectivity index (χ0v) is 21.2. The molecule has 3 aromatic rings. The predicted molar refractivity (Wildman–Crippen MR) is 139 cm³/mol. The molecule has 0 saturated heterocycles. The van der Waals surface area contributed by atoms with Gasteiger partial charge in [-0.15, -0.1) is 0 Å². The molecule has 2 aromatic carbocycles. The van der Waals surface area contributed by atoms with Gasteiger partial charge in [0.15, 0.2) is 0 Å². The van der Waals surface area contributed by atoms with Crippen LogP contribution in [0.4, 0.5) is 17.1 Å². The molecule has 0 aliphatic heterocycles. The minimum atomic E-state index is -0.818. The van der Waals surface area contributed by atoms with Crippen LogP contribution in [0.25, 0.3) is 0 Å². The van der Waals surface area contributed by atoms with Gasteiger partial charge in [-0.3, -0.25) is 29.7 Å². The molecule has 0 unspecified atom stereocenters. The number of hydrogen-bond donors (Lipinski definition) is 1. The van der Waals surface area contributed by atoms with Crippen LogP contribution in [0.3, 0.4) is 0 Å². The van der Waals surface area contributed by atoms with Gasteiger partial charge >= 0.3 is 5.69 Å². The summed E-state index contributed by atoms with van der Waals surface area (Å²) in [5, 5.41) is 30.5. The molecule has 0 spiro atoms. The second-order valence-corrected chi connectivity index (χ2v) is 10.9.